The fourth-order valence-corrected chi connectivity index (χ4v) is 2.89. The van der Waals surface area contributed by atoms with Crippen LogP contribution in [0.1, 0.15) is 31.4 Å². The number of nitrogens with zero attached hydrogens (tertiary/aromatic N) is 2. The van der Waals surface area contributed by atoms with E-state index >= 15 is 0 Å². The van der Waals surface area contributed by atoms with Crippen LogP contribution in [-0.2, 0) is 17.8 Å². The molecular weight excluding hydrogens is 262 g/mol. The Kier molecular flexibility index (Phi) is 5.62. The highest BCUT2D eigenvalue weighted by molar-refractivity contribution is 5.76. The standard InChI is InChI=1S/C17H27N3O/c1-4-20(5-2)17(21)8-10-18-13-14-6-7-16-15(12-14)9-11-19(16)3/h6-7,12,18H,4-5,8-11,13H2,1-3H3. The molecule has 1 aromatic carbocycles. The predicted octanol–water partition coefficient (Wildman–Crippen LogP) is 2.03. The van der Waals surface area contributed by atoms with E-state index in [-0.39, 0.29) is 5.91 Å². The zero-order valence-electron chi connectivity index (χ0n) is 13.5. The molecule has 0 fully saturated rings. The molecule has 1 aromatic rings. The predicted molar refractivity (Wildman–Crippen MR) is 87.7 cm³/mol. The summed E-state index contributed by atoms with van der Waals surface area (Å²) >= 11 is 0. The Bertz CT molecular complexity index is 483. The van der Waals surface area contributed by atoms with Gasteiger partial charge in [-0.3, -0.25) is 4.79 Å². The molecule has 21 heavy (non-hydrogen) atoms. The van der Waals surface area contributed by atoms with Gasteiger partial charge in [0.1, 0.15) is 0 Å². The molecule has 0 saturated heterocycles. The topological polar surface area (TPSA) is 35.6 Å². The number of benzene rings is 1. The van der Waals surface area contributed by atoms with Crippen LogP contribution in [0.2, 0.25) is 0 Å². The molecule has 0 spiro atoms. The van der Waals surface area contributed by atoms with Crippen LogP contribution in [0.4, 0.5) is 5.69 Å². The lowest BCUT2D eigenvalue weighted by Crippen LogP contribution is -2.32. The van der Waals surface area contributed by atoms with E-state index in [0.717, 1.165) is 39.1 Å². The van der Waals surface area contributed by atoms with Crippen molar-refractivity contribution in [1.82, 2.24) is 10.2 Å². The third kappa shape index (κ3) is 3.97. The van der Waals surface area contributed by atoms with Crippen LogP contribution in [0, 0.1) is 0 Å². The number of likely N-dealkylation sites (N-methyl/N-ethyl adjacent to an activating group) is 1. The normalized spacial score (nSPS) is 13.4. The van der Waals surface area contributed by atoms with Crippen LogP contribution in [0.3, 0.4) is 0 Å². The number of hydrogen-bond donors (Lipinski definition) is 1. The molecule has 2 rings (SSSR count). The number of amides is 1. The molecule has 0 bridgehead atoms. The van der Waals surface area contributed by atoms with E-state index < -0.39 is 0 Å². The number of rotatable bonds is 7. The highest BCUT2D eigenvalue weighted by Crippen LogP contribution is 2.27. The first-order valence-corrected chi connectivity index (χ1v) is 7.97. The van der Waals surface area contributed by atoms with Crippen molar-refractivity contribution in [3.8, 4) is 0 Å². The number of hydrogen-bond acceptors (Lipinski definition) is 3. The molecule has 1 heterocycles. The summed E-state index contributed by atoms with van der Waals surface area (Å²) in [6, 6.07) is 6.68. The Morgan fingerprint density at radius 1 is 1.33 bits per heavy atom. The summed E-state index contributed by atoms with van der Waals surface area (Å²) in [5.74, 6) is 0.239. The second kappa shape index (κ2) is 7.46. The second-order valence-electron chi connectivity index (χ2n) is 5.63. The van der Waals surface area contributed by atoms with Crippen molar-refractivity contribution in [2.45, 2.75) is 33.2 Å². The van der Waals surface area contributed by atoms with Crippen LogP contribution < -0.4 is 10.2 Å². The van der Waals surface area contributed by atoms with E-state index in [1.54, 1.807) is 0 Å². The van der Waals surface area contributed by atoms with Crippen LogP contribution in [0.5, 0.6) is 0 Å². The van der Waals surface area contributed by atoms with Crippen molar-refractivity contribution in [1.29, 1.82) is 0 Å². The fraction of sp³-hybridized carbons (Fsp3) is 0.588. The van der Waals surface area contributed by atoms with Crippen molar-refractivity contribution < 1.29 is 4.79 Å². The maximum atomic E-state index is 11.9. The van der Waals surface area contributed by atoms with E-state index in [9.17, 15) is 4.79 Å². The van der Waals surface area contributed by atoms with Crippen molar-refractivity contribution in [3.05, 3.63) is 29.3 Å². The Morgan fingerprint density at radius 3 is 2.81 bits per heavy atom. The lowest BCUT2D eigenvalue weighted by atomic mass is 10.1. The van der Waals surface area contributed by atoms with Crippen molar-refractivity contribution in [2.24, 2.45) is 0 Å². The van der Waals surface area contributed by atoms with Crippen molar-refractivity contribution in [3.63, 3.8) is 0 Å². The SMILES string of the molecule is CCN(CC)C(=O)CCNCc1ccc2c(c1)CCN2C. The molecule has 1 amide bonds. The van der Waals surface area contributed by atoms with E-state index in [2.05, 4.69) is 35.5 Å². The van der Waals surface area contributed by atoms with Crippen molar-refractivity contribution >= 4 is 11.6 Å². The average Bonchev–Trinajstić information content (AvgIpc) is 2.86. The van der Waals surface area contributed by atoms with Crippen LogP contribution in [0.15, 0.2) is 18.2 Å². The first-order valence-electron chi connectivity index (χ1n) is 7.97. The maximum absolute atomic E-state index is 11.9. The maximum Gasteiger partial charge on any atom is 0.223 e. The Labute approximate surface area is 128 Å². The Morgan fingerprint density at radius 2 is 2.10 bits per heavy atom. The van der Waals surface area contributed by atoms with Gasteiger partial charge >= 0.3 is 0 Å². The summed E-state index contributed by atoms with van der Waals surface area (Å²) < 4.78 is 0. The van der Waals surface area contributed by atoms with Gasteiger partial charge in [-0.05, 0) is 37.5 Å². The molecule has 0 radical (unpaired) electrons. The highest BCUT2D eigenvalue weighted by atomic mass is 16.2. The minimum atomic E-state index is 0.239. The molecule has 0 saturated carbocycles. The summed E-state index contributed by atoms with van der Waals surface area (Å²) in [6.07, 6.45) is 1.72. The zero-order valence-corrected chi connectivity index (χ0v) is 13.5. The first kappa shape index (κ1) is 15.8. The van der Waals surface area contributed by atoms with Crippen LogP contribution in [0.25, 0.3) is 0 Å². The number of carbonyl (C=O) groups excluding carboxylic acids is 1. The lowest BCUT2D eigenvalue weighted by Gasteiger charge is -2.18. The highest BCUT2D eigenvalue weighted by Gasteiger charge is 2.15. The molecule has 1 N–H and O–H groups in total. The minimum Gasteiger partial charge on any atom is -0.374 e. The number of fused-ring (bicyclic) bond motifs is 1. The Balaban J connectivity index is 1.76. The molecule has 4 heteroatoms. The summed E-state index contributed by atoms with van der Waals surface area (Å²) in [6.45, 7) is 8.34. The van der Waals surface area contributed by atoms with E-state index in [1.165, 1.54) is 16.8 Å². The lowest BCUT2D eigenvalue weighted by molar-refractivity contribution is -0.130. The van der Waals surface area contributed by atoms with Gasteiger partial charge in [0, 0.05) is 51.9 Å². The minimum absolute atomic E-state index is 0.239. The van der Waals surface area contributed by atoms with Gasteiger partial charge in [0.15, 0.2) is 0 Å². The average molecular weight is 289 g/mol. The van der Waals surface area contributed by atoms with Crippen molar-refractivity contribution in [2.75, 3.05) is 38.1 Å². The largest absolute Gasteiger partial charge is 0.374 e. The summed E-state index contributed by atoms with van der Waals surface area (Å²) in [7, 11) is 2.14. The third-order valence-corrected chi connectivity index (χ3v) is 4.23. The van der Waals surface area contributed by atoms with Gasteiger partial charge in [0.05, 0.1) is 0 Å². The molecule has 116 valence electrons. The van der Waals surface area contributed by atoms with Gasteiger partial charge in [-0.2, -0.15) is 0 Å². The molecule has 0 unspecified atom stereocenters. The van der Waals surface area contributed by atoms with Gasteiger partial charge in [-0.25, -0.2) is 0 Å². The summed E-state index contributed by atoms with van der Waals surface area (Å²) in [5, 5.41) is 3.38. The van der Waals surface area contributed by atoms with Gasteiger partial charge in [0.2, 0.25) is 5.91 Å². The van der Waals surface area contributed by atoms with Gasteiger partial charge in [-0.15, -0.1) is 0 Å². The molecular formula is C17H27N3O. The first-order chi connectivity index (χ1) is 10.2. The smallest absolute Gasteiger partial charge is 0.223 e. The number of anilines is 1. The Hall–Kier alpha value is -1.55. The second-order valence-corrected chi connectivity index (χ2v) is 5.63. The van der Waals surface area contributed by atoms with Gasteiger partial charge < -0.3 is 15.1 Å². The van der Waals surface area contributed by atoms with E-state index in [1.807, 2.05) is 18.7 Å². The quantitative estimate of drug-likeness (QED) is 0.780. The third-order valence-electron chi connectivity index (χ3n) is 4.23. The summed E-state index contributed by atoms with van der Waals surface area (Å²) in [4.78, 5) is 16.1. The van der Waals surface area contributed by atoms with Crippen LogP contribution >= 0.6 is 0 Å². The van der Waals surface area contributed by atoms with E-state index in [0.29, 0.717) is 6.42 Å². The zero-order chi connectivity index (χ0) is 15.2. The number of nitrogens with one attached hydrogen (secondary N) is 1. The van der Waals surface area contributed by atoms with Crippen LogP contribution in [-0.4, -0.2) is 44.0 Å². The molecule has 1 aliphatic heterocycles. The number of carbonyl (C=O) groups is 1. The fourth-order valence-electron chi connectivity index (χ4n) is 2.89. The van der Waals surface area contributed by atoms with E-state index in [4.69, 9.17) is 0 Å². The molecule has 0 atom stereocenters. The molecule has 4 nitrogen and oxygen atoms in total. The molecule has 1 aliphatic rings. The van der Waals surface area contributed by atoms with Gasteiger partial charge in [0.25, 0.3) is 0 Å². The summed E-state index contributed by atoms with van der Waals surface area (Å²) in [5.41, 5.74) is 4.10. The molecule has 0 aliphatic carbocycles. The van der Waals surface area contributed by atoms with Gasteiger partial charge in [-0.1, -0.05) is 12.1 Å². The monoisotopic (exact) mass is 289 g/mol. The molecule has 0 aromatic heterocycles.